The SMILES string of the molecule is CCC(COC)Nc1ccc(C#N)cc1C(F)(F)F. The topological polar surface area (TPSA) is 45.0 Å². The fraction of sp³-hybridized carbons (Fsp3) is 0.462. The van der Waals surface area contributed by atoms with Crippen molar-refractivity contribution in [3.05, 3.63) is 29.3 Å². The Hall–Kier alpha value is -1.74. The van der Waals surface area contributed by atoms with Gasteiger partial charge in [0.15, 0.2) is 0 Å². The van der Waals surface area contributed by atoms with Crippen LogP contribution in [-0.2, 0) is 10.9 Å². The number of nitrogens with one attached hydrogen (secondary N) is 1. The summed E-state index contributed by atoms with van der Waals surface area (Å²) in [6, 6.07) is 4.98. The van der Waals surface area contributed by atoms with Crippen LogP contribution in [-0.4, -0.2) is 19.8 Å². The van der Waals surface area contributed by atoms with Crippen LogP contribution in [0.4, 0.5) is 18.9 Å². The number of hydrogen-bond acceptors (Lipinski definition) is 3. The molecule has 0 saturated carbocycles. The lowest BCUT2D eigenvalue weighted by molar-refractivity contribution is -0.137. The second-order valence-corrected chi connectivity index (χ2v) is 4.07. The second kappa shape index (κ2) is 6.43. The van der Waals surface area contributed by atoms with Crippen molar-refractivity contribution in [1.82, 2.24) is 0 Å². The third kappa shape index (κ3) is 4.14. The summed E-state index contributed by atoms with van der Waals surface area (Å²) in [4.78, 5) is 0. The van der Waals surface area contributed by atoms with Gasteiger partial charge in [-0.05, 0) is 24.6 Å². The van der Waals surface area contributed by atoms with Gasteiger partial charge in [0.1, 0.15) is 0 Å². The van der Waals surface area contributed by atoms with Crippen molar-refractivity contribution < 1.29 is 17.9 Å². The van der Waals surface area contributed by atoms with E-state index in [1.54, 1.807) is 6.07 Å². The van der Waals surface area contributed by atoms with E-state index in [1.165, 1.54) is 19.2 Å². The van der Waals surface area contributed by atoms with E-state index in [0.29, 0.717) is 13.0 Å². The lowest BCUT2D eigenvalue weighted by Crippen LogP contribution is -2.25. The molecule has 3 nitrogen and oxygen atoms in total. The van der Waals surface area contributed by atoms with Crippen LogP contribution >= 0.6 is 0 Å². The van der Waals surface area contributed by atoms with Gasteiger partial charge in [-0.2, -0.15) is 18.4 Å². The molecule has 1 rings (SSSR count). The van der Waals surface area contributed by atoms with Gasteiger partial charge in [-0.3, -0.25) is 0 Å². The highest BCUT2D eigenvalue weighted by Crippen LogP contribution is 2.35. The van der Waals surface area contributed by atoms with Gasteiger partial charge in [-0.25, -0.2) is 0 Å². The number of nitrogens with zero attached hydrogens (tertiary/aromatic N) is 1. The van der Waals surface area contributed by atoms with Crippen molar-refractivity contribution in [1.29, 1.82) is 5.26 Å². The monoisotopic (exact) mass is 272 g/mol. The first-order valence-corrected chi connectivity index (χ1v) is 5.79. The number of nitriles is 1. The maximum Gasteiger partial charge on any atom is 0.418 e. The summed E-state index contributed by atoms with van der Waals surface area (Å²) in [6.07, 6.45) is -3.87. The fourth-order valence-electron chi connectivity index (χ4n) is 1.66. The quantitative estimate of drug-likeness (QED) is 0.893. The Morgan fingerprint density at radius 3 is 2.58 bits per heavy atom. The first-order chi connectivity index (χ1) is 8.92. The van der Waals surface area contributed by atoms with Crippen LogP contribution in [0.5, 0.6) is 0 Å². The molecular formula is C13H15F3N2O. The molecule has 0 spiro atoms. The standard InChI is InChI=1S/C13H15F3N2O/c1-3-10(8-19-2)18-12-5-4-9(7-17)6-11(12)13(14,15)16/h4-6,10,18H,3,8H2,1-2H3. The molecule has 1 aromatic carbocycles. The third-order valence-corrected chi connectivity index (χ3v) is 2.67. The minimum Gasteiger partial charge on any atom is -0.383 e. The van der Waals surface area contributed by atoms with Gasteiger partial charge in [0, 0.05) is 18.8 Å². The maximum atomic E-state index is 12.9. The van der Waals surface area contributed by atoms with Gasteiger partial charge >= 0.3 is 6.18 Å². The number of rotatable bonds is 5. The van der Waals surface area contributed by atoms with E-state index < -0.39 is 11.7 Å². The average Bonchev–Trinajstić information content (AvgIpc) is 2.37. The first kappa shape index (κ1) is 15.3. The third-order valence-electron chi connectivity index (χ3n) is 2.67. The second-order valence-electron chi connectivity index (χ2n) is 4.07. The Morgan fingerprint density at radius 1 is 1.42 bits per heavy atom. The number of halogens is 3. The van der Waals surface area contributed by atoms with Crippen LogP contribution in [0.25, 0.3) is 0 Å². The zero-order chi connectivity index (χ0) is 14.5. The van der Waals surface area contributed by atoms with E-state index in [4.69, 9.17) is 10.00 Å². The Kier molecular flexibility index (Phi) is 5.19. The maximum absolute atomic E-state index is 12.9. The van der Waals surface area contributed by atoms with Crippen LogP contribution in [0.2, 0.25) is 0 Å². The van der Waals surface area contributed by atoms with E-state index in [-0.39, 0.29) is 17.3 Å². The summed E-state index contributed by atoms with van der Waals surface area (Å²) in [5.74, 6) is 0. The Bertz CT molecular complexity index is 466. The lowest BCUT2D eigenvalue weighted by atomic mass is 10.1. The number of methoxy groups -OCH3 is 1. The summed E-state index contributed by atoms with van der Waals surface area (Å²) < 4.78 is 43.7. The van der Waals surface area contributed by atoms with Crippen LogP contribution in [0.3, 0.4) is 0 Å². The molecule has 1 N–H and O–H groups in total. The van der Waals surface area contributed by atoms with Crippen LogP contribution in [0.15, 0.2) is 18.2 Å². The molecule has 6 heteroatoms. The lowest BCUT2D eigenvalue weighted by Gasteiger charge is -2.21. The molecular weight excluding hydrogens is 257 g/mol. The van der Waals surface area contributed by atoms with Crippen molar-refractivity contribution in [3.63, 3.8) is 0 Å². The molecule has 1 unspecified atom stereocenters. The first-order valence-electron chi connectivity index (χ1n) is 5.79. The summed E-state index contributed by atoms with van der Waals surface area (Å²) in [7, 11) is 1.49. The van der Waals surface area contributed by atoms with Crippen LogP contribution in [0, 0.1) is 11.3 Å². The molecule has 0 heterocycles. The largest absolute Gasteiger partial charge is 0.418 e. The van der Waals surface area contributed by atoms with Gasteiger partial charge in [-0.1, -0.05) is 6.92 Å². The molecule has 0 aromatic heterocycles. The highest BCUT2D eigenvalue weighted by Gasteiger charge is 2.34. The molecule has 104 valence electrons. The number of anilines is 1. The molecule has 1 atom stereocenters. The van der Waals surface area contributed by atoms with E-state index in [2.05, 4.69) is 5.32 Å². The molecule has 0 radical (unpaired) electrons. The highest BCUT2D eigenvalue weighted by atomic mass is 19.4. The van der Waals surface area contributed by atoms with Gasteiger partial charge in [0.25, 0.3) is 0 Å². The van der Waals surface area contributed by atoms with Crippen molar-refractivity contribution in [2.45, 2.75) is 25.6 Å². The molecule has 1 aromatic rings. The minimum absolute atomic E-state index is 0.0161. The molecule has 0 aliphatic rings. The van der Waals surface area contributed by atoms with Gasteiger partial charge in [0.2, 0.25) is 0 Å². The molecule has 0 fully saturated rings. The molecule has 19 heavy (non-hydrogen) atoms. The zero-order valence-electron chi connectivity index (χ0n) is 10.7. The Labute approximate surface area is 110 Å². The van der Waals surface area contributed by atoms with E-state index in [0.717, 1.165) is 6.07 Å². The number of ether oxygens (including phenoxy) is 1. The number of hydrogen-bond donors (Lipinski definition) is 1. The zero-order valence-corrected chi connectivity index (χ0v) is 10.7. The Balaban J connectivity index is 3.09. The number of benzene rings is 1. The molecule has 0 saturated heterocycles. The van der Waals surface area contributed by atoms with Crippen molar-refractivity contribution in [2.24, 2.45) is 0 Å². The van der Waals surface area contributed by atoms with Crippen LogP contribution in [0.1, 0.15) is 24.5 Å². The normalized spacial score (nSPS) is 12.8. The minimum atomic E-state index is -4.50. The number of alkyl halides is 3. The molecule has 0 aliphatic heterocycles. The summed E-state index contributed by atoms with van der Waals surface area (Å²) in [5.41, 5.74) is -0.880. The predicted molar refractivity (Wildman–Crippen MR) is 65.7 cm³/mol. The Morgan fingerprint density at radius 2 is 2.11 bits per heavy atom. The average molecular weight is 272 g/mol. The van der Waals surface area contributed by atoms with E-state index in [1.807, 2.05) is 6.92 Å². The van der Waals surface area contributed by atoms with Crippen molar-refractivity contribution in [3.8, 4) is 6.07 Å². The van der Waals surface area contributed by atoms with Gasteiger partial charge < -0.3 is 10.1 Å². The molecule has 0 bridgehead atoms. The summed E-state index contributed by atoms with van der Waals surface area (Å²) >= 11 is 0. The van der Waals surface area contributed by atoms with Crippen LogP contribution < -0.4 is 5.32 Å². The van der Waals surface area contributed by atoms with Crippen molar-refractivity contribution >= 4 is 5.69 Å². The van der Waals surface area contributed by atoms with E-state index in [9.17, 15) is 13.2 Å². The van der Waals surface area contributed by atoms with Gasteiger partial charge in [-0.15, -0.1) is 0 Å². The van der Waals surface area contributed by atoms with Gasteiger partial charge in [0.05, 0.1) is 23.8 Å². The molecule has 0 aliphatic carbocycles. The van der Waals surface area contributed by atoms with E-state index >= 15 is 0 Å². The molecule has 0 amide bonds. The predicted octanol–water partition coefficient (Wildman–Crippen LogP) is 3.41. The van der Waals surface area contributed by atoms with Crippen molar-refractivity contribution in [2.75, 3.05) is 19.0 Å². The summed E-state index contributed by atoms with van der Waals surface area (Å²) in [5, 5.41) is 11.5. The highest BCUT2D eigenvalue weighted by molar-refractivity contribution is 5.56. The summed E-state index contributed by atoms with van der Waals surface area (Å²) in [6.45, 7) is 2.17. The fourth-order valence-corrected chi connectivity index (χ4v) is 1.66. The smallest absolute Gasteiger partial charge is 0.383 e.